The van der Waals surface area contributed by atoms with Crippen molar-refractivity contribution in [3.8, 4) is 5.69 Å². The molecule has 0 radical (unpaired) electrons. The predicted molar refractivity (Wildman–Crippen MR) is 80.0 cm³/mol. The average Bonchev–Trinajstić information content (AvgIpc) is 3.37. The van der Waals surface area contributed by atoms with Gasteiger partial charge in [-0.3, -0.25) is 9.48 Å². The lowest BCUT2D eigenvalue weighted by atomic mass is 10.1. The Kier molecular flexibility index (Phi) is 3.02. The van der Waals surface area contributed by atoms with Crippen molar-refractivity contribution in [3.63, 3.8) is 0 Å². The number of aromatic nitrogens is 2. The summed E-state index contributed by atoms with van der Waals surface area (Å²) in [5.41, 5.74) is 0.545. The Morgan fingerprint density at radius 1 is 1.04 bits per heavy atom. The second-order valence-corrected chi connectivity index (χ2v) is 6.50. The third-order valence-corrected chi connectivity index (χ3v) is 4.73. The van der Waals surface area contributed by atoms with Gasteiger partial charge in [0, 0.05) is 24.2 Å². The summed E-state index contributed by atoms with van der Waals surface area (Å²) in [6, 6.07) is 5.29. The number of alkyl halides is 3. The second-order valence-electron chi connectivity index (χ2n) is 6.50. The maximum Gasteiger partial charge on any atom is 0.418 e. The van der Waals surface area contributed by atoms with Gasteiger partial charge in [-0.05, 0) is 43.7 Å². The highest BCUT2D eigenvalue weighted by atomic mass is 19.4. The average molecular weight is 322 g/mol. The molecule has 0 aliphatic heterocycles. The molecule has 2 aromatic rings. The highest BCUT2D eigenvalue weighted by Gasteiger charge is 2.40. The minimum absolute atomic E-state index is 0.0821. The number of halogens is 3. The van der Waals surface area contributed by atoms with Crippen LogP contribution in [-0.4, -0.2) is 9.36 Å². The zero-order valence-electron chi connectivity index (χ0n) is 12.7. The van der Waals surface area contributed by atoms with Crippen LogP contribution >= 0.6 is 0 Å². The summed E-state index contributed by atoms with van der Waals surface area (Å²) in [5, 5.41) is 0. The number of para-hydroxylation sites is 1. The highest BCUT2D eigenvalue weighted by molar-refractivity contribution is 5.45. The number of hydrogen-bond acceptors (Lipinski definition) is 1. The van der Waals surface area contributed by atoms with Crippen LogP contribution in [0.15, 0.2) is 29.1 Å². The first-order chi connectivity index (χ1) is 10.9. The zero-order chi connectivity index (χ0) is 16.4. The van der Waals surface area contributed by atoms with Crippen LogP contribution in [0.25, 0.3) is 5.69 Å². The summed E-state index contributed by atoms with van der Waals surface area (Å²) in [6.07, 6.45) is -0.546. The zero-order valence-corrected chi connectivity index (χ0v) is 12.7. The van der Waals surface area contributed by atoms with Crippen LogP contribution < -0.4 is 5.56 Å². The van der Waals surface area contributed by atoms with Crippen LogP contribution in [-0.2, 0) is 13.2 Å². The standard InChI is InChI=1S/C17H17F3N2O/c1-21-15(11-8-9-11)14(10-6-7-10)16(23)22(21)13-5-3-2-4-12(13)17(18,19)20/h2-5,10-11H,6-9H2,1H3. The van der Waals surface area contributed by atoms with Crippen molar-refractivity contribution in [1.82, 2.24) is 9.36 Å². The summed E-state index contributed by atoms with van der Waals surface area (Å²) in [6.45, 7) is 0. The van der Waals surface area contributed by atoms with E-state index >= 15 is 0 Å². The maximum atomic E-state index is 13.3. The Morgan fingerprint density at radius 2 is 1.65 bits per heavy atom. The van der Waals surface area contributed by atoms with E-state index in [9.17, 15) is 18.0 Å². The van der Waals surface area contributed by atoms with E-state index in [0.29, 0.717) is 5.92 Å². The molecule has 3 nitrogen and oxygen atoms in total. The molecule has 4 rings (SSSR count). The number of rotatable bonds is 3. The lowest BCUT2D eigenvalue weighted by Crippen LogP contribution is -2.24. The van der Waals surface area contributed by atoms with Crippen LogP contribution in [0, 0.1) is 0 Å². The number of nitrogens with zero attached hydrogens (tertiary/aromatic N) is 2. The maximum absolute atomic E-state index is 13.3. The lowest BCUT2D eigenvalue weighted by molar-refractivity contribution is -0.137. The molecule has 0 saturated heterocycles. The molecule has 1 heterocycles. The van der Waals surface area contributed by atoms with Gasteiger partial charge < -0.3 is 0 Å². The minimum atomic E-state index is -4.49. The van der Waals surface area contributed by atoms with E-state index in [2.05, 4.69) is 0 Å². The molecule has 23 heavy (non-hydrogen) atoms. The molecule has 2 aliphatic rings. The van der Waals surface area contributed by atoms with E-state index in [1.807, 2.05) is 0 Å². The molecule has 0 N–H and O–H groups in total. The number of hydrogen-bond donors (Lipinski definition) is 0. The molecule has 0 unspecified atom stereocenters. The molecule has 2 aliphatic carbocycles. The molecule has 0 spiro atoms. The smallest absolute Gasteiger partial charge is 0.284 e. The van der Waals surface area contributed by atoms with Gasteiger partial charge in [0.15, 0.2) is 0 Å². The van der Waals surface area contributed by atoms with Crippen LogP contribution in [0.1, 0.15) is 54.3 Å². The molecule has 0 bridgehead atoms. The van der Waals surface area contributed by atoms with Gasteiger partial charge >= 0.3 is 6.18 Å². The molecule has 2 fully saturated rings. The molecule has 1 aromatic carbocycles. The molecule has 122 valence electrons. The highest BCUT2D eigenvalue weighted by Crippen LogP contribution is 2.48. The van der Waals surface area contributed by atoms with Gasteiger partial charge in [-0.25, -0.2) is 4.68 Å². The molecule has 6 heteroatoms. The first-order valence-electron chi connectivity index (χ1n) is 7.88. The lowest BCUT2D eigenvalue weighted by Gasteiger charge is -2.15. The summed E-state index contributed by atoms with van der Waals surface area (Å²) in [5.74, 6) is 0.547. The van der Waals surface area contributed by atoms with E-state index in [4.69, 9.17) is 0 Å². The van der Waals surface area contributed by atoms with Crippen LogP contribution in [0.5, 0.6) is 0 Å². The van der Waals surface area contributed by atoms with E-state index in [-0.39, 0.29) is 17.2 Å². The van der Waals surface area contributed by atoms with Gasteiger partial charge in [0.05, 0.1) is 11.3 Å². The Balaban J connectivity index is 1.98. The van der Waals surface area contributed by atoms with Crippen molar-refractivity contribution in [2.24, 2.45) is 7.05 Å². The topological polar surface area (TPSA) is 26.9 Å². The fraction of sp³-hybridized carbons (Fsp3) is 0.471. The van der Waals surface area contributed by atoms with Crippen molar-refractivity contribution in [3.05, 3.63) is 51.4 Å². The third kappa shape index (κ3) is 2.31. The molecule has 2 saturated carbocycles. The Hall–Kier alpha value is -1.98. The monoisotopic (exact) mass is 322 g/mol. The largest absolute Gasteiger partial charge is 0.418 e. The van der Waals surface area contributed by atoms with Crippen LogP contribution in [0.3, 0.4) is 0 Å². The fourth-order valence-corrected chi connectivity index (χ4v) is 3.41. The molecule has 0 atom stereocenters. The van der Waals surface area contributed by atoms with E-state index in [1.165, 1.54) is 22.9 Å². The van der Waals surface area contributed by atoms with E-state index in [0.717, 1.165) is 43.0 Å². The van der Waals surface area contributed by atoms with Crippen molar-refractivity contribution in [1.29, 1.82) is 0 Å². The summed E-state index contributed by atoms with van der Waals surface area (Å²) >= 11 is 0. The quantitative estimate of drug-likeness (QED) is 0.840. The molecular weight excluding hydrogens is 305 g/mol. The Labute approximate surface area is 131 Å². The number of benzene rings is 1. The van der Waals surface area contributed by atoms with Gasteiger partial charge in [-0.2, -0.15) is 13.2 Å². The summed E-state index contributed by atoms with van der Waals surface area (Å²) in [4.78, 5) is 12.9. The second kappa shape index (κ2) is 4.76. The predicted octanol–water partition coefficient (Wildman–Crippen LogP) is 3.95. The van der Waals surface area contributed by atoms with Crippen molar-refractivity contribution < 1.29 is 13.2 Å². The first-order valence-corrected chi connectivity index (χ1v) is 7.88. The van der Waals surface area contributed by atoms with E-state index in [1.54, 1.807) is 11.7 Å². The summed E-state index contributed by atoms with van der Waals surface area (Å²) < 4.78 is 42.8. The van der Waals surface area contributed by atoms with Crippen molar-refractivity contribution >= 4 is 0 Å². The fourth-order valence-electron chi connectivity index (χ4n) is 3.41. The molecule has 0 amide bonds. The molecule has 1 aromatic heterocycles. The minimum Gasteiger partial charge on any atom is -0.284 e. The Bertz CT molecular complexity index is 823. The van der Waals surface area contributed by atoms with Crippen molar-refractivity contribution in [2.75, 3.05) is 0 Å². The first kappa shape index (κ1) is 14.6. The van der Waals surface area contributed by atoms with Crippen LogP contribution in [0.4, 0.5) is 13.2 Å². The van der Waals surface area contributed by atoms with Gasteiger partial charge in [-0.1, -0.05) is 12.1 Å². The SMILES string of the molecule is Cn1c(C2CC2)c(C2CC2)c(=O)n1-c1ccccc1C(F)(F)F. The van der Waals surface area contributed by atoms with Gasteiger partial charge in [0.1, 0.15) is 0 Å². The van der Waals surface area contributed by atoms with Gasteiger partial charge in [0.25, 0.3) is 5.56 Å². The van der Waals surface area contributed by atoms with Crippen molar-refractivity contribution in [2.45, 2.75) is 43.7 Å². The Morgan fingerprint density at radius 3 is 2.22 bits per heavy atom. The van der Waals surface area contributed by atoms with E-state index < -0.39 is 11.7 Å². The third-order valence-electron chi connectivity index (χ3n) is 4.73. The summed E-state index contributed by atoms with van der Waals surface area (Å²) in [7, 11) is 1.70. The van der Waals surface area contributed by atoms with Gasteiger partial charge in [0.2, 0.25) is 0 Å². The van der Waals surface area contributed by atoms with Gasteiger partial charge in [-0.15, -0.1) is 0 Å². The molecular formula is C17H17F3N2O. The van der Waals surface area contributed by atoms with Crippen LogP contribution in [0.2, 0.25) is 0 Å². The normalized spacial score (nSPS) is 18.4.